The summed E-state index contributed by atoms with van der Waals surface area (Å²) in [6.45, 7) is 7.87. The minimum Gasteiger partial charge on any atom is -0.242 e. The van der Waals surface area contributed by atoms with Crippen molar-refractivity contribution in [2.24, 2.45) is 0 Å². The lowest BCUT2D eigenvalue weighted by atomic mass is 10.5. The van der Waals surface area contributed by atoms with Crippen LogP contribution in [0.5, 0.6) is 0 Å². The topological polar surface area (TPSA) is 25.8 Å². The van der Waals surface area contributed by atoms with Gasteiger partial charge in [-0.1, -0.05) is 11.6 Å². The van der Waals surface area contributed by atoms with Crippen molar-refractivity contribution in [3.63, 3.8) is 0 Å². The fourth-order valence-corrected chi connectivity index (χ4v) is 0.624. The molecule has 0 aliphatic rings. The first kappa shape index (κ1) is 9.11. The SMILES string of the molecule is C=C.Cc1cc(Cl)ncn1. The van der Waals surface area contributed by atoms with Gasteiger partial charge in [0.2, 0.25) is 0 Å². The maximum absolute atomic E-state index is 5.49. The van der Waals surface area contributed by atoms with Gasteiger partial charge in [0.25, 0.3) is 0 Å². The van der Waals surface area contributed by atoms with Crippen LogP contribution in [0, 0.1) is 6.92 Å². The van der Waals surface area contributed by atoms with Gasteiger partial charge in [0.05, 0.1) is 0 Å². The summed E-state index contributed by atoms with van der Waals surface area (Å²) in [5.41, 5.74) is 0.894. The average molecular weight is 157 g/mol. The van der Waals surface area contributed by atoms with Crippen molar-refractivity contribution in [1.82, 2.24) is 9.97 Å². The first-order valence-electron chi connectivity index (χ1n) is 2.73. The second-order valence-corrected chi connectivity index (χ2v) is 1.87. The molecule has 0 aliphatic carbocycles. The van der Waals surface area contributed by atoms with E-state index in [-0.39, 0.29) is 0 Å². The highest BCUT2D eigenvalue weighted by Crippen LogP contribution is 2.01. The molecule has 10 heavy (non-hydrogen) atoms. The highest BCUT2D eigenvalue weighted by Gasteiger charge is 1.85. The summed E-state index contributed by atoms with van der Waals surface area (Å²) in [7, 11) is 0. The Bertz CT molecular complexity index is 183. The number of aryl methyl sites for hydroxylation is 1. The molecule has 0 saturated heterocycles. The van der Waals surface area contributed by atoms with Crippen LogP contribution in [0.1, 0.15) is 5.69 Å². The largest absolute Gasteiger partial charge is 0.242 e. The van der Waals surface area contributed by atoms with Gasteiger partial charge in [-0.15, -0.1) is 13.2 Å². The number of halogens is 1. The van der Waals surface area contributed by atoms with Crippen LogP contribution in [0.25, 0.3) is 0 Å². The molecule has 1 aromatic rings. The molecular weight excluding hydrogens is 148 g/mol. The third-order valence-electron chi connectivity index (χ3n) is 0.770. The molecule has 0 bridgehead atoms. The molecule has 1 rings (SSSR count). The van der Waals surface area contributed by atoms with Gasteiger partial charge in [0, 0.05) is 5.69 Å². The first-order valence-corrected chi connectivity index (χ1v) is 3.11. The van der Waals surface area contributed by atoms with Gasteiger partial charge in [-0.05, 0) is 13.0 Å². The van der Waals surface area contributed by atoms with E-state index in [2.05, 4.69) is 23.1 Å². The Morgan fingerprint density at radius 3 is 2.30 bits per heavy atom. The summed E-state index contributed by atoms with van der Waals surface area (Å²) in [5.74, 6) is 0. The Kier molecular flexibility index (Phi) is 4.50. The maximum Gasteiger partial charge on any atom is 0.132 e. The molecule has 1 heterocycles. The van der Waals surface area contributed by atoms with Crippen LogP contribution in [0.3, 0.4) is 0 Å². The Labute approximate surface area is 65.6 Å². The van der Waals surface area contributed by atoms with Gasteiger partial charge >= 0.3 is 0 Å². The van der Waals surface area contributed by atoms with Crippen molar-refractivity contribution >= 4 is 11.6 Å². The minimum absolute atomic E-state index is 0.498. The van der Waals surface area contributed by atoms with Gasteiger partial charge < -0.3 is 0 Å². The number of hydrogen-bond acceptors (Lipinski definition) is 2. The van der Waals surface area contributed by atoms with Crippen LogP contribution >= 0.6 is 11.6 Å². The Balaban J connectivity index is 0.000000371. The minimum atomic E-state index is 0.498. The van der Waals surface area contributed by atoms with Gasteiger partial charge in [0.15, 0.2) is 0 Å². The van der Waals surface area contributed by atoms with E-state index in [0.29, 0.717) is 5.15 Å². The molecule has 0 radical (unpaired) electrons. The van der Waals surface area contributed by atoms with Crippen molar-refractivity contribution in [3.8, 4) is 0 Å². The molecule has 2 nitrogen and oxygen atoms in total. The standard InChI is InChI=1S/C5H5ClN2.C2H4/c1-4-2-5(6)8-3-7-4;1-2/h2-3H,1H3;1-2H2. The quantitative estimate of drug-likeness (QED) is 0.425. The molecule has 0 amide bonds. The second-order valence-electron chi connectivity index (χ2n) is 1.48. The number of nitrogens with zero attached hydrogens (tertiary/aromatic N) is 2. The number of hydrogen-bond donors (Lipinski definition) is 0. The summed E-state index contributed by atoms with van der Waals surface area (Å²) in [5, 5.41) is 0.498. The van der Waals surface area contributed by atoms with Crippen molar-refractivity contribution in [3.05, 3.63) is 36.4 Å². The molecule has 0 saturated carbocycles. The smallest absolute Gasteiger partial charge is 0.132 e. The van der Waals surface area contributed by atoms with Gasteiger partial charge in [-0.3, -0.25) is 0 Å². The number of aromatic nitrogens is 2. The summed E-state index contributed by atoms with van der Waals surface area (Å²) in [4.78, 5) is 7.54. The van der Waals surface area contributed by atoms with E-state index in [9.17, 15) is 0 Å². The van der Waals surface area contributed by atoms with Crippen LogP contribution in [-0.2, 0) is 0 Å². The molecule has 0 unspecified atom stereocenters. The molecule has 0 N–H and O–H groups in total. The van der Waals surface area contributed by atoms with Crippen LogP contribution in [0.15, 0.2) is 25.6 Å². The molecule has 0 atom stereocenters. The van der Waals surface area contributed by atoms with Crippen LogP contribution in [0.2, 0.25) is 5.15 Å². The summed E-state index contributed by atoms with van der Waals surface area (Å²) < 4.78 is 0. The van der Waals surface area contributed by atoms with Gasteiger partial charge in [-0.25, -0.2) is 9.97 Å². The lowest BCUT2D eigenvalue weighted by Gasteiger charge is -1.87. The van der Waals surface area contributed by atoms with E-state index in [1.165, 1.54) is 6.33 Å². The van der Waals surface area contributed by atoms with E-state index in [1.807, 2.05) is 6.92 Å². The average Bonchev–Trinajstić information content (AvgIpc) is 1.91. The van der Waals surface area contributed by atoms with E-state index in [1.54, 1.807) is 6.07 Å². The predicted octanol–water partition coefficient (Wildman–Crippen LogP) is 2.24. The monoisotopic (exact) mass is 156 g/mol. The third-order valence-corrected chi connectivity index (χ3v) is 0.977. The fourth-order valence-electron chi connectivity index (χ4n) is 0.422. The van der Waals surface area contributed by atoms with E-state index in [4.69, 9.17) is 11.6 Å². The van der Waals surface area contributed by atoms with Crippen LogP contribution in [-0.4, -0.2) is 9.97 Å². The highest BCUT2D eigenvalue weighted by molar-refractivity contribution is 6.29. The predicted molar refractivity (Wildman–Crippen MR) is 43.0 cm³/mol. The lowest BCUT2D eigenvalue weighted by molar-refractivity contribution is 1.10. The zero-order valence-corrected chi connectivity index (χ0v) is 6.60. The van der Waals surface area contributed by atoms with Crippen LogP contribution < -0.4 is 0 Å². The van der Waals surface area contributed by atoms with Crippen molar-refractivity contribution in [1.29, 1.82) is 0 Å². The van der Waals surface area contributed by atoms with Crippen molar-refractivity contribution < 1.29 is 0 Å². The molecule has 54 valence electrons. The van der Waals surface area contributed by atoms with Crippen LogP contribution in [0.4, 0.5) is 0 Å². The van der Waals surface area contributed by atoms with Crippen molar-refractivity contribution in [2.75, 3.05) is 0 Å². The Morgan fingerprint density at radius 1 is 1.40 bits per heavy atom. The zero-order valence-electron chi connectivity index (χ0n) is 5.84. The van der Waals surface area contributed by atoms with E-state index in [0.717, 1.165) is 5.69 Å². The Hall–Kier alpha value is -0.890. The van der Waals surface area contributed by atoms with E-state index >= 15 is 0 Å². The number of rotatable bonds is 0. The third kappa shape index (κ3) is 3.20. The Morgan fingerprint density at radius 2 is 2.00 bits per heavy atom. The summed E-state index contributed by atoms with van der Waals surface area (Å²) in [6, 6.07) is 1.71. The lowest BCUT2D eigenvalue weighted by Crippen LogP contribution is -1.80. The molecule has 3 heteroatoms. The van der Waals surface area contributed by atoms with Crippen molar-refractivity contribution in [2.45, 2.75) is 6.92 Å². The molecular formula is C7H9ClN2. The zero-order chi connectivity index (χ0) is 7.98. The molecule has 0 aromatic carbocycles. The second kappa shape index (κ2) is 4.94. The maximum atomic E-state index is 5.49. The summed E-state index contributed by atoms with van der Waals surface area (Å²) >= 11 is 5.49. The normalized spacial score (nSPS) is 7.80. The molecule has 0 fully saturated rings. The fraction of sp³-hybridized carbons (Fsp3) is 0.143. The molecule has 0 spiro atoms. The first-order chi connectivity index (χ1) is 4.79. The van der Waals surface area contributed by atoms with Gasteiger partial charge in [0.1, 0.15) is 11.5 Å². The summed E-state index contributed by atoms with van der Waals surface area (Å²) in [6.07, 6.45) is 1.44. The highest BCUT2D eigenvalue weighted by atomic mass is 35.5. The van der Waals surface area contributed by atoms with Gasteiger partial charge in [-0.2, -0.15) is 0 Å². The van der Waals surface area contributed by atoms with E-state index < -0.39 is 0 Å². The molecule has 0 aliphatic heterocycles. The molecule has 1 aromatic heterocycles.